The average Bonchev–Trinajstić information content (AvgIpc) is 3.17. The number of carbonyl (C=O) groups excluding carboxylic acids is 3. The Morgan fingerprint density at radius 2 is 2.00 bits per heavy atom. The van der Waals surface area contributed by atoms with Crippen molar-refractivity contribution in [1.82, 2.24) is 10.2 Å². The fourth-order valence-corrected chi connectivity index (χ4v) is 3.80. The van der Waals surface area contributed by atoms with Gasteiger partial charge in [0.05, 0.1) is 31.3 Å². The highest BCUT2D eigenvalue weighted by molar-refractivity contribution is 6.00. The molecule has 0 aliphatic carbocycles. The molecule has 1 N–H and O–H groups in total. The number of ketones is 1. The first-order chi connectivity index (χ1) is 13.5. The third-order valence-corrected chi connectivity index (χ3v) is 5.36. The second-order valence-electron chi connectivity index (χ2n) is 7.30. The lowest BCUT2D eigenvalue weighted by atomic mass is 9.84. The number of para-hydroxylation sites is 1. The second-order valence-corrected chi connectivity index (χ2v) is 7.30. The fraction of sp³-hybridized carbons (Fsp3) is 0.381. The third kappa shape index (κ3) is 3.78. The predicted molar refractivity (Wildman–Crippen MR) is 99.7 cm³/mol. The zero-order valence-corrected chi connectivity index (χ0v) is 15.5. The first kappa shape index (κ1) is 18.3. The Hall–Kier alpha value is -3.09. The molecule has 1 unspecified atom stereocenters. The van der Waals surface area contributed by atoms with Crippen LogP contribution in [0.25, 0.3) is 0 Å². The number of ether oxygens (including phenoxy) is 1. The number of nitrogens with zero attached hydrogens (tertiary/aromatic N) is 1. The van der Waals surface area contributed by atoms with Crippen molar-refractivity contribution in [2.45, 2.75) is 37.8 Å². The molecule has 1 aromatic heterocycles. The largest absolute Gasteiger partial charge is 0.486 e. The molecule has 2 aromatic rings. The Bertz CT molecular complexity index is 892. The monoisotopic (exact) mass is 382 g/mol. The minimum Gasteiger partial charge on any atom is -0.486 e. The van der Waals surface area contributed by atoms with Gasteiger partial charge in [-0.3, -0.25) is 14.4 Å². The number of hydrogen-bond donors (Lipinski definition) is 1. The summed E-state index contributed by atoms with van der Waals surface area (Å²) < 4.78 is 11.4. The van der Waals surface area contributed by atoms with Gasteiger partial charge in [0.15, 0.2) is 5.78 Å². The number of hydrogen-bond acceptors (Lipinski definition) is 5. The van der Waals surface area contributed by atoms with E-state index in [0.29, 0.717) is 36.5 Å². The zero-order chi connectivity index (χ0) is 19.6. The van der Waals surface area contributed by atoms with Gasteiger partial charge in [-0.25, -0.2) is 0 Å². The van der Waals surface area contributed by atoms with Gasteiger partial charge in [-0.15, -0.1) is 0 Å². The topological polar surface area (TPSA) is 88.9 Å². The van der Waals surface area contributed by atoms with Gasteiger partial charge in [-0.2, -0.15) is 0 Å². The van der Waals surface area contributed by atoms with E-state index in [0.717, 1.165) is 0 Å². The lowest BCUT2D eigenvalue weighted by molar-refractivity contribution is -0.135. The van der Waals surface area contributed by atoms with E-state index in [1.54, 1.807) is 35.4 Å². The van der Waals surface area contributed by atoms with Crippen LogP contribution in [0.4, 0.5) is 0 Å². The molecule has 7 nitrogen and oxygen atoms in total. The molecule has 7 heteroatoms. The molecule has 0 radical (unpaired) electrons. The Balaban J connectivity index is 1.39. The number of Topliss-reactive ketones (excluding diaryl/α,β-unsaturated/α-hetero) is 1. The van der Waals surface area contributed by atoms with Crippen molar-refractivity contribution in [2.75, 3.05) is 13.1 Å². The molecule has 1 spiro atoms. The van der Waals surface area contributed by atoms with Crippen LogP contribution in [0.3, 0.4) is 0 Å². The first-order valence-corrected chi connectivity index (χ1v) is 9.43. The van der Waals surface area contributed by atoms with Crippen molar-refractivity contribution < 1.29 is 23.5 Å². The molecule has 2 aliphatic rings. The summed E-state index contributed by atoms with van der Waals surface area (Å²) in [5.74, 6) is 0.934. The minimum atomic E-state index is -0.680. The zero-order valence-electron chi connectivity index (χ0n) is 15.5. The molecule has 28 heavy (non-hydrogen) atoms. The van der Waals surface area contributed by atoms with Crippen LogP contribution in [0.1, 0.15) is 41.8 Å². The molecule has 4 rings (SSSR count). The van der Waals surface area contributed by atoms with Crippen molar-refractivity contribution >= 4 is 17.6 Å². The number of rotatable bonds is 4. The minimum absolute atomic E-state index is 0.0137. The van der Waals surface area contributed by atoms with Crippen LogP contribution in [0.5, 0.6) is 5.75 Å². The van der Waals surface area contributed by atoms with Gasteiger partial charge in [0.25, 0.3) is 0 Å². The van der Waals surface area contributed by atoms with Gasteiger partial charge in [0.2, 0.25) is 11.8 Å². The predicted octanol–water partition coefficient (Wildman–Crippen LogP) is 2.31. The summed E-state index contributed by atoms with van der Waals surface area (Å²) in [7, 11) is 0. The summed E-state index contributed by atoms with van der Waals surface area (Å²) in [5, 5.41) is 2.75. The first-order valence-electron chi connectivity index (χ1n) is 9.43. The van der Waals surface area contributed by atoms with Crippen molar-refractivity contribution in [3.8, 4) is 5.75 Å². The lowest BCUT2D eigenvalue weighted by Gasteiger charge is -2.37. The highest BCUT2D eigenvalue weighted by atomic mass is 16.5. The number of carbonyl (C=O) groups is 3. The van der Waals surface area contributed by atoms with Gasteiger partial charge in [-0.05, 0) is 30.7 Å². The van der Waals surface area contributed by atoms with E-state index in [9.17, 15) is 14.4 Å². The Kier molecular flexibility index (Phi) is 4.90. The molecule has 146 valence electrons. The highest BCUT2D eigenvalue weighted by Gasteiger charge is 2.43. The van der Waals surface area contributed by atoms with E-state index < -0.39 is 5.60 Å². The van der Waals surface area contributed by atoms with Gasteiger partial charge in [0, 0.05) is 19.4 Å². The van der Waals surface area contributed by atoms with Crippen molar-refractivity contribution in [1.29, 1.82) is 0 Å². The Morgan fingerprint density at radius 3 is 2.82 bits per heavy atom. The van der Waals surface area contributed by atoms with E-state index in [1.165, 1.54) is 0 Å². The molecule has 2 aliphatic heterocycles. The molecule has 2 amide bonds. The van der Waals surface area contributed by atoms with Crippen molar-refractivity contribution in [3.05, 3.63) is 54.0 Å². The van der Waals surface area contributed by atoms with Gasteiger partial charge in [0.1, 0.15) is 17.1 Å². The molecule has 3 heterocycles. The van der Waals surface area contributed by atoms with E-state index in [-0.39, 0.29) is 43.5 Å². The quantitative estimate of drug-likeness (QED) is 0.877. The van der Waals surface area contributed by atoms with Crippen LogP contribution in [-0.4, -0.2) is 41.2 Å². The molecule has 0 saturated carbocycles. The third-order valence-electron chi connectivity index (χ3n) is 5.36. The summed E-state index contributed by atoms with van der Waals surface area (Å²) >= 11 is 0. The maximum atomic E-state index is 12.6. The normalized spacial score (nSPS) is 21.8. The fourth-order valence-electron chi connectivity index (χ4n) is 3.80. The number of likely N-dealkylation sites (tertiary alicyclic amines) is 1. The molecule has 1 aromatic carbocycles. The van der Waals surface area contributed by atoms with E-state index in [1.807, 2.05) is 12.1 Å². The summed E-state index contributed by atoms with van der Waals surface area (Å²) in [4.78, 5) is 38.8. The summed E-state index contributed by atoms with van der Waals surface area (Å²) in [5.41, 5.74) is -0.0848. The van der Waals surface area contributed by atoms with E-state index in [4.69, 9.17) is 9.15 Å². The standard InChI is InChI=1S/C21H22N2O5/c24-17-12-21(28-18-6-2-1-5-16(17)18)8-7-20(26)23(10-9-21)14-19(25)22-13-15-4-3-11-27-15/h1-6,11H,7-10,12-14H2,(H,22,25). The van der Waals surface area contributed by atoms with Gasteiger partial charge in [-0.1, -0.05) is 12.1 Å². The number of benzene rings is 1. The molecule has 0 bridgehead atoms. The van der Waals surface area contributed by atoms with E-state index in [2.05, 4.69) is 5.32 Å². The van der Waals surface area contributed by atoms with Crippen LogP contribution in [0, 0.1) is 0 Å². The maximum absolute atomic E-state index is 12.6. The number of furan rings is 1. The summed E-state index contributed by atoms with van der Waals surface area (Å²) in [6, 6.07) is 10.7. The molecule has 1 saturated heterocycles. The smallest absolute Gasteiger partial charge is 0.240 e. The highest BCUT2D eigenvalue weighted by Crippen LogP contribution is 2.39. The van der Waals surface area contributed by atoms with Gasteiger partial charge >= 0.3 is 0 Å². The van der Waals surface area contributed by atoms with Crippen LogP contribution in [0.2, 0.25) is 0 Å². The maximum Gasteiger partial charge on any atom is 0.240 e. The second kappa shape index (κ2) is 7.50. The Morgan fingerprint density at radius 1 is 1.14 bits per heavy atom. The Labute approximate surface area is 162 Å². The molecular weight excluding hydrogens is 360 g/mol. The number of nitrogens with one attached hydrogen (secondary N) is 1. The van der Waals surface area contributed by atoms with Crippen LogP contribution in [-0.2, 0) is 16.1 Å². The lowest BCUT2D eigenvalue weighted by Crippen LogP contribution is -2.44. The SMILES string of the molecule is O=C(CN1CCC2(CCC1=O)CC(=O)c1ccccc1O2)NCc1ccco1. The summed E-state index contributed by atoms with van der Waals surface area (Å²) in [6.07, 6.45) is 3.04. The van der Waals surface area contributed by atoms with Crippen LogP contribution >= 0.6 is 0 Å². The molecular formula is C21H22N2O5. The molecule has 1 fully saturated rings. The average molecular weight is 382 g/mol. The van der Waals surface area contributed by atoms with Gasteiger partial charge < -0.3 is 19.4 Å². The van der Waals surface area contributed by atoms with Crippen LogP contribution < -0.4 is 10.1 Å². The molecule has 1 atom stereocenters. The van der Waals surface area contributed by atoms with Crippen molar-refractivity contribution in [2.24, 2.45) is 0 Å². The van der Waals surface area contributed by atoms with Crippen molar-refractivity contribution in [3.63, 3.8) is 0 Å². The van der Waals surface area contributed by atoms with E-state index >= 15 is 0 Å². The number of fused-ring (bicyclic) bond motifs is 1. The van der Waals surface area contributed by atoms with Crippen LogP contribution in [0.15, 0.2) is 47.1 Å². The summed E-state index contributed by atoms with van der Waals surface area (Å²) in [6.45, 7) is 0.648. The number of amides is 2.